The van der Waals surface area contributed by atoms with Gasteiger partial charge in [-0.05, 0) is 48.0 Å². The molecule has 1 unspecified atom stereocenters. The summed E-state index contributed by atoms with van der Waals surface area (Å²) < 4.78 is 13.4. The van der Waals surface area contributed by atoms with E-state index in [0.29, 0.717) is 11.4 Å². The second-order valence-corrected chi connectivity index (χ2v) is 5.91. The molecule has 0 aliphatic heterocycles. The number of rotatable bonds is 4. The number of phenols is 1. The highest BCUT2D eigenvalue weighted by atomic mass is 19.1. The minimum atomic E-state index is -0.418. The lowest BCUT2D eigenvalue weighted by Crippen LogP contribution is -2.14. The number of pyridine rings is 2. The molecule has 0 saturated carbocycles. The molecule has 4 rings (SSSR count). The van der Waals surface area contributed by atoms with Crippen LogP contribution in [0.3, 0.4) is 0 Å². The molecule has 0 amide bonds. The maximum absolute atomic E-state index is 13.4. The van der Waals surface area contributed by atoms with Crippen molar-refractivity contribution in [3.05, 3.63) is 96.1 Å². The number of hydrogen-bond donors (Lipinski definition) is 2. The predicted octanol–water partition coefficient (Wildman–Crippen LogP) is 4.68. The fraction of sp³-hybridized carbons (Fsp3) is 0.0476. The molecule has 2 N–H and O–H groups in total. The molecule has 0 aliphatic carbocycles. The van der Waals surface area contributed by atoms with Crippen LogP contribution in [0.4, 0.5) is 10.2 Å². The van der Waals surface area contributed by atoms with Crippen molar-refractivity contribution in [2.45, 2.75) is 6.04 Å². The third kappa shape index (κ3) is 3.07. The van der Waals surface area contributed by atoms with Crippen molar-refractivity contribution in [1.29, 1.82) is 0 Å². The fourth-order valence-electron chi connectivity index (χ4n) is 3.04. The lowest BCUT2D eigenvalue weighted by molar-refractivity contribution is 0.468. The Balaban J connectivity index is 1.91. The number of aromatic hydroxyl groups is 1. The van der Waals surface area contributed by atoms with Crippen LogP contribution >= 0.6 is 0 Å². The summed E-state index contributed by atoms with van der Waals surface area (Å²) in [6.45, 7) is 0. The number of nitrogens with one attached hydrogen (secondary N) is 1. The third-order valence-electron chi connectivity index (χ3n) is 4.25. The highest BCUT2D eigenvalue weighted by Crippen LogP contribution is 2.37. The van der Waals surface area contributed by atoms with Gasteiger partial charge in [-0.2, -0.15) is 0 Å². The monoisotopic (exact) mass is 345 g/mol. The van der Waals surface area contributed by atoms with E-state index in [1.165, 1.54) is 12.1 Å². The smallest absolute Gasteiger partial charge is 0.126 e. The van der Waals surface area contributed by atoms with E-state index in [9.17, 15) is 9.50 Å². The molecule has 0 aliphatic rings. The summed E-state index contributed by atoms with van der Waals surface area (Å²) in [5.41, 5.74) is 2.26. The third-order valence-corrected chi connectivity index (χ3v) is 4.25. The van der Waals surface area contributed by atoms with Gasteiger partial charge in [0.1, 0.15) is 17.4 Å². The lowest BCUT2D eigenvalue weighted by atomic mass is 9.94. The van der Waals surface area contributed by atoms with Gasteiger partial charge in [0.05, 0.1) is 11.6 Å². The minimum absolute atomic E-state index is 0.142. The van der Waals surface area contributed by atoms with Crippen LogP contribution in [-0.2, 0) is 0 Å². The van der Waals surface area contributed by atoms with Gasteiger partial charge in [0.15, 0.2) is 0 Å². The van der Waals surface area contributed by atoms with Gasteiger partial charge in [-0.1, -0.05) is 24.3 Å². The number of phenolic OH excluding ortho intramolecular Hbond substituents is 1. The molecule has 1 atom stereocenters. The summed E-state index contributed by atoms with van der Waals surface area (Å²) >= 11 is 0. The highest BCUT2D eigenvalue weighted by Gasteiger charge is 2.21. The molecular formula is C21H16FN3O. The molecular weight excluding hydrogens is 329 g/mol. The van der Waals surface area contributed by atoms with Gasteiger partial charge >= 0.3 is 0 Å². The van der Waals surface area contributed by atoms with Crippen LogP contribution in [0.2, 0.25) is 0 Å². The first-order valence-corrected chi connectivity index (χ1v) is 8.22. The van der Waals surface area contributed by atoms with Crippen LogP contribution in [0.15, 0.2) is 79.1 Å². The van der Waals surface area contributed by atoms with E-state index in [4.69, 9.17) is 0 Å². The van der Waals surface area contributed by atoms with Crippen molar-refractivity contribution in [3.63, 3.8) is 0 Å². The fourth-order valence-corrected chi connectivity index (χ4v) is 3.04. The quantitative estimate of drug-likeness (QED) is 0.564. The zero-order valence-electron chi connectivity index (χ0n) is 13.8. The number of aromatic nitrogens is 2. The van der Waals surface area contributed by atoms with E-state index < -0.39 is 6.04 Å². The van der Waals surface area contributed by atoms with Crippen molar-refractivity contribution in [2.24, 2.45) is 0 Å². The molecule has 4 aromatic rings. The Morgan fingerprint density at radius 3 is 2.42 bits per heavy atom. The van der Waals surface area contributed by atoms with Crippen molar-refractivity contribution < 1.29 is 9.50 Å². The van der Waals surface area contributed by atoms with Crippen LogP contribution in [0.5, 0.6) is 5.75 Å². The molecule has 2 aromatic heterocycles. The zero-order chi connectivity index (χ0) is 17.9. The predicted molar refractivity (Wildman–Crippen MR) is 99.5 cm³/mol. The van der Waals surface area contributed by atoms with Gasteiger partial charge in [0.25, 0.3) is 0 Å². The second kappa shape index (κ2) is 6.80. The van der Waals surface area contributed by atoms with Gasteiger partial charge in [-0.15, -0.1) is 0 Å². The Morgan fingerprint density at radius 2 is 1.65 bits per heavy atom. The van der Waals surface area contributed by atoms with Crippen LogP contribution in [0.25, 0.3) is 10.9 Å². The van der Waals surface area contributed by atoms with Crippen molar-refractivity contribution >= 4 is 16.7 Å². The molecule has 128 valence electrons. The zero-order valence-corrected chi connectivity index (χ0v) is 13.8. The average molecular weight is 345 g/mol. The van der Waals surface area contributed by atoms with E-state index in [2.05, 4.69) is 15.3 Å². The summed E-state index contributed by atoms with van der Waals surface area (Å²) in [5, 5.41) is 14.8. The molecule has 0 radical (unpaired) electrons. The van der Waals surface area contributed by atoms with Crippen molar-refractivity contribution in [2.75, 3.05) is 5.32 Å². The summed E-state index contributed by atoms with van der Waals surface area (Å²) in [7, 11) is 0. The SMILES string of the molecule is Oc1ccc2ncccc2c1C(Nc1ccccn1)c1ccc(F)cc1. The Hall–Kier alpha value is -3.47. The first-order valence-electron chi connectivity index (χ1n) is 8.22. The van der Waals surface area contributed by atoms with Gasteiger partial charge in [0, 0.05) is 23.3 Å². The largest absolute Gasteiger partial charge is 0.508 e. The van der Waals surface area contributed by atoms with E-state index in [0.717, 1.165) is 16.5 Å². The molecule has 0 saturated heterocycles. The van der Waals surface area contributed by atoms with E-state index in [1.807, 2.05) is 30.3 Å². The molecule has 5 heteroatoms. The lowest BCUT2D eigenvalue weighted by Gasteiger charge is -2.23. The first kappa shape index (κ1) is 16.0. The summed E-state index contributed by atoms with van der Waals surface area (Å²) in [6, 6.07) is 18.5. The maximum atomic E-state index is 13.4. The van der Waals surface area contributed by atoms with Gasteiger partial charge in [-0.25, -0.2) is 9.37 Å². The Morgan fingerprint density at radius 1 is 0.846 bits per heavy atom. The van der Waals surface area contributed by atoms with Gasteiger partial charge in [-0.3, -0.25) is 4.98 Å². The molecule has 0 bridgehead atoms. The van der Waals surface area contributed by atoms with E-state index in [-0.39, 0.29) is 11.6 Å². The number of benzene rings is 2. The highest BCUT2D eigenvalue weighted by molar-refractivity contribution is 5.86. The minimum Gasteiger partial charge on any atom is -0.508 e. The molecule has 2 aromatic carbocycles. The Kier molecular flexibility index (Phi) is 4.19. The Bertz CT molecular complexity index is 1040. The van der Waals surface area contributed by atoms with Crippen molar-refractivity contribution in [3.8, 4) is 5.75 Å². The summed E-state index contributed by atoms with van der Waals surface area (Å²) in [6.07, 6.45) is 3.40. The molecule has 26 heavy (non-hydrogen) atoms. The number of fused-ring (bicyclic) bond motifs is 1. The maximum Gasteiger partial charge on any atom is 0.126 e. The molecule has 0 spiro atoms. The van der Waals surface area contributed by atoms with Crippen molar-refractivity contribution in [1.82, 2.24) is 9.97 Å². The van der Waals surface area contributed by atoms with Gasteiger partial charge < -0.3 is 10.4 Å². The number of anilines is 1. The average Bonchev–Trinajstić information content (AvgIpc) is 2.68. The molecule has 4 nitrogen and oxygen atoms in total. The van der Waals surface area contributed by atoms with Crippen LogP contribution in [-0.4, -0.2) is 15.1 Å². The first-order chi connectivity index (χ1) is 12.7. The topological polar surface area (TPSA) is 58.0 Å². The van der Waals surface area contributed by atoms with Crippen LogP contribution in [0, 0.1) is 5.82 Å². The molecule has 2 heterocycles. The van der Waals surface area contributed by atoms with E-state index in [1.54, 1.807) is 36.7 Å². The van der Waals surface area contributed by atoms with Gasteiger partial charge in [0.2, 0.25) is 0 Å². The van der Waals surface area contributed by atoms with E-state index >= 15 is 0 Å². The summed E-state index contributed by atoms with van der Waals surface area (Å²) in [4.78, 5) is 8.68. The standard InChI is InChI=1S/C21H16FN3O/c22-15-8-6-14(7-9-15)21(25-19-5-1-2-12-24-19)20-16-4-3-13-23-17(16)10-11-18(20)26/h1-13,21,26H,(H,24,25). The second-order valence-electron chi connectivity index (χ2n) is 5.91. The van der Waals surface area contributed by atoms with Crippen LogP contribution < -0.4 is 5.32 Å². The number of hydrogen-bond acceptors (Lipinski definition) is 4. The molecule has 0 fully saturated rings. The normalized spacial score (nSPS) is 12.0. The summed E-state index contributed by atoms with van der Waals surface area (Å²) in [5.74, 6) is 0.486. The number of nitrogens with zero attached hydrogens (tertiary/aromatic N) is 2. The Labute approximate surface area is 150 Å². The number of halogens is 1. The van der Waals surface area contributed by atoms with Crippen LogP contribution in [0.1, 0.15) is 17.2 Å².